The predicted molar refractivity (Wildman–Crippen MR) is 72.9 cm³/mol. The molecule has 4 heteroatoms. The molecule has 1 atom stereocenters. The number of rotatable bonds is 5. The number of carbonyl (C=O) groups excluding carboxylic acids is 1. The normalized spacial score (nSPS) is 16.4. The minimum atomic E-state index is -0.243. The van der Waals surface area contributed by atoms with Gasteiger partial charge in [0, 0.05) is 12.6 Å². The molecule has 0 unspecified atom stereocenters. The summed E-state index contributed by atoms with van der Waals surface area (Å²) in [5, 5.41) is 0.339. The van der Waals surface area contributed by atoms with Gasteiger partial charge in [-0.05, 0) is 43.4 Å². The van der Waals surface area contributed by atoms with E-state index in [1.165, 1.54) is 25.0 Å². The summed E-state index contributed by atoms with van der Waals surface area (Å²) in [7, 11) is 0. The Balaban J connectivity index is 2.08. The van der Waals surface area contributed by atoms with E-state index in [1.54, 1.807) is 12.1 Å². The van der Waals surface area contributed by atoms with Crippen molar-refractivity contribution < 1.29 is 9.18 Å². The Hall–Kier alpha value is -0.900. The molecule has 2 rings (SSSR count). The second-order valence-electron chi connectivity index (χ2n) is 4.86. The van der Waals surface area contributed by atoms with Gasteiger partial charge in [0.05, 0.1) is 5.33 Å². The largest absolute Gasteiger partial charge is 0.335 e. The van der Waals surface area contributed by atoms with Crippen molar-refractivity contribution in [3.05, 3.63) is 35.6 Å². The second kappa shape index (κ2) is 5.83. The third-order valence-corrected chi connectivity index (χ3v) is 3.98. The van der Waals surface area contributed by atoms with Gasteiger partial charge >= 0.3 is 0 Å². The molecule has 0 N–H and O–H groups in total. The first-order valence-corrected chi connectivity index (χ1v) is 7.34. The average Bonchev–Trinajstić information content (AvgIpc) is 3.20. The lowest BCUT2D eigenvalue weighted by Gasteiger charge is -2.29. The van der Waals surface area contributed by atoms with Gasteiger partial charge in [-0.2, -0.15) is 0 Å². The van der Waals surface area contributed by atoms with Crippen molar-refractivity contribution in [3.63, 3.8) is 0 Å². The van der Waals surface area contributed by atoms with Crippen LogP contribution in [-0.4, -0.2) is 22.2 Å². The van der Waals surface area contributed by atoms with Gasteiger partial charge in [-0.3, -0.25) is 4.79 Å². The third-order valence-electron chi connectivity index (χ3n) is 3.50. The number of nitrogens with zero attached hydrogens (tertiary/aromatic N) is 1. The summed E-state index contributed by atoms with van der Waals surface area (Å²) in [5.74, 6) is 0.486. The van der Waals surface area contributed by atoms with Gasteiger partial charge in [-0.15, -0.1) is 0 Å². The fourth-order valence-electron chi connectivity index (χ4n) is 2.16. The highest BCUT2D eigenvalue weighted by atomic mass is 79.9. The maximum atomic E-state index is 12.9. The van der Waals surface area contributed by atoms with Crippen molar-refractivity contribution in [2.75, 3.05) is 5.33 Å². The number of amides is 1. The van der Waals surface area contributed by atoms with Crippen LogP contribution in [0.1, 0.15) is 25.3 Å². The van der Waals surface area contributed by atoms with E-state index in [4.69, 9.17) is 0 Å². The molecule has 1 fully saturated rings. The molecule has 1 aliphatic carbocycles. The van der Waals surface area contributed by atoms with Gasteiger partial charge in [0.15, 0.2) is 0 Å². The molecule has 18 heavy (non-hydrogen) atoms. The Morgan fingerprint density at radius 2 is 2.06 bits per heavy atom. The van der Waals surface area contributed by atoms with E-state index in [1.807, 2.05) is 4.90 Å². The van der Waals surface area contributed by atoms with Crippen LogP contribution in [0, 0.1) is 11.7 Å². The van der Waals surface area contributed by atoms with Crippen LogP contribution in [0.15, 0.2) is 24.3 Å². The zero-order chi connectivity index (χ0) is 13.1. The monoisotopic (exact) mass is 313 g/mol. The summed E-state index contributed by atoms with van der Waals surface area (Å²) in [6, 6.07) is 6.62. The van der Waals surface area contributed by atoms with Crippen molar-refractivity contribution in [1.82, 2.24) is 4.90 Å². The van der Waals surface area contributed by atoms with E-state index in [0.717, 1.165) is 5.56 Å². The van der Waals surface area contributed by atoms with Crippen LogP contribution in [0.25, 0.3) is 0 Å². The molecule has 1 aliphatic rings. The van der Waals surface area contributed by atoms with Crippen LogP contribution >= 0.6 is 15.9 Å². The fraction of sp³-hybridized carbons (Fsp3) is 0.500. The number of benzene rings is 1. The van der Waals surface area contributed by atoms with Crippen LogP contribution in [0.4, 0.5) is 4.39 Å². The average molecular weight is 314 g/mol. The number of halogens is 2. The van der Waals surface area contributed by atoms with Gasteiger partial charge < -0.3 is 4.90 Å². The van der Waals surface area contributed by atoms with E-state index < -0.39 is 0 Å². The summed E-state index contributed by atoms with van der Waals surface area (Å²) in [6.07, 6.45) is 2.41. The molecule has 0 bridgehead atoms. The Bertz CT molecular complexity index is 416. The number of hydrogen-bond donors (Lipinski definition) is 0. The quantitative estimate of drug-likeness (QED) is 0.763. The number of hydrogen-bond acceptors (Lipinski definition) is 1. The van der Waals surface area contributed by atoms with Gasteiger partial charge in [-0.1, -0.05) is 28.1 Å². The van der Waals surface area contributed by atoms with Crippen molar-refractivity contribution >= 4 is 21.8 Å². The zero-order valence-corrected chi connectivity index (χ0v) is 12.0. The van der Waals surface area contributed by atoms with Gasteiger partial charge in [-0.25, -0.2) is 4.39 Å². The zero-order valence-electron chi connectivity index (χ0n) is 10.4. The first kappa shape index (κ1) is 13.5. The van der Waals surface area contributed by atoms with E-state index in [2.05, 4.69) is 22.9 Å². The highest BCUT2D eigenvalue weighted by Crippen LogP contribution is 2.35. The SMILES string of the molecule is C[C@@H](C1CC1)N(Cc1ccc(F)cc1)C(=O)CBr. The summed E-state index contributed by atoms with van der Waals surface area (Å²) in [6.45, 7) is 2.66. The van der Waals surface area contributed by atoms with E-state index in [0.29, 0.717) is 17.8 Å². The van der Waals surface area contributed by atoms with E-state index in [9.17, 15) is 9.18 Å². The number of alkyl halides is 1. The molecule has 1 aromatic rings. The fourth-order valence-corrected chi connectivity index (χ4v) is 2.48. The van der Waals surface area contributed by atoms with Crippen LogP contribution < -0.4 is 0 Å². The maximum Gasteiger partial charge on any atom is 0.233 e. The van der Waals surface area contributed by atoms with Crippen LogP contribution in [-0.2, 0) is 11.3 Å². The molecular formula is C14H17BrFNO. The van der Waals surface area contributed by atoms with E-state index in [-0.39, 0.29) is 17.8 Å². The van der Waals surface area contributed by atoms with Gasteiger partial charge in [0.2, 0.25) is 5.91 Å². The second-order valence-corrected chi connectivity index (χ2v) is 5.42. The third kappa shape index (κ3) is 3.31. The Morgan fingerprint density at radius 3 is 2.56 bits per heavy atom. The molecule has 0 radical (unpaired) electrons. The van der Waals surface area contributed by atoms with Gasteiger partial charge in [0.25, 0.3) is 0 Å². The lowest BCUT2D eigenvalue weighted by atomic mass is 10.1. The predicted octanol–water partition coefficient (Wildman–Crippen LogP) is 3.35. The number of carbonyl (C=O) groups is 1. The lowest BCUT2D eigenvalue weighted by Crippen LogP contribution is -2.40. The van der Waals surface area contributed by atoms with Crippen molar-refractivity contribution in [2.24, 2.45) is 5.92 Å². The standard InChI is InChI=1S/C14H17BrFNO/c1-10(12-4-5-12)17(14(18)8-15)9-11-2-6-13(16)7-3-11/h2-3,6-7,10,12H,4-5,8-9H2,1H3/t10-/m0/s1. The Morgan fingerprint density at radius 1 is 1.44 bits per heavy atom. The van der Waals surface area contributed by atoms with Crippen molar-refractivity contribution in [1.29, 1.82) is 0 Å². The maximum absolute atomic E-state index is 12.9. The molecule has 1 saturated carbocycles. The van der Waals surface area contributed by atoms with Crippen molar-refractivity contribution in [3.8, 4) is 0 Å². The molecule has 2 nitrogen and oxygen atoms in total. The van der Waals surface area contributed by atoms with Crippen LogP contribution in [0.2, 0.25) is 0 Å². The smallest absolute Gasteiger partial charge is 0.233 e. The summed E-state index contributed by atoms with van der Waals surface area (Å²) >= 11 is 3.23. The highest BCUT2D eigenvalue weighted by molar-refractivity contribution is 9.09. The molecule has 1 aromatic carbocycles. The highest BCUT2D eigenvalue weighted by Gasteiger charge is 2.33. The van der Waals surface area contributed by atoms with Crippen LogP contribution in [0.5, 0.6) is 0 Å². The Kier molecular flexibility index (Phi) is 4.38. The molecule has 0 heterocycles. The first-order valence-electron chi connectivity index (χ1n) is 6.21. The topological polar surface area (TPSA) is 20.3 Å². The molecule has 0 spiro atoms. The van der Waals surface area contributed by atoms with Crippen LogP contribution in [0.3, 0.4) is 0 Å². The first-order chi connectivity index (χ1) is 8.61. The minimum Gasteiger partial charge on any atom is -0.335 e. The molecule has 98 valence electrons. The minimum absolute atomic E-state index is 0.0960. The molecule has 0 aliphatic heterocycles. The molecule has 0 saturated heterocycles. The van der Waals surface area contributed by atoms with E-state index >= 15 is 0 Å². The molecular weight excluding hydrogens is 297 g/mol. The summed E-state index contributed by atoms with van der Waals surface area (Å²) in [5.41, 5.74) is 0.971. The molecule has 0 aromatic heterocycles. The van der Waals surface area contributed by atoms with Crippen molar-refractivity contribution in [2.45, 2.75) is 32.4 Å². The lowest BCUT2D eigenvalue weighted by molar-refractivity contribution is -0.131. The molecule has 1 amide bonds. The van der Waals surface area contributed by atoms with Gasteiger partial charge in [0.1, 0.15) is 5.82 Å². The Labute approximate surface area is 115 Å². The summed E-state index contributed by atoms with van der Waals surface area (Å²) in [4.78, 5) is 13.9. The summed E-state index contributed by atoms with van der Waals surface area (Å²) < 4.78 is 12.9.